The summed E-state index contributed by atoms with van der Waals surface area (Å²) in [6.07, 6.45) is -11.4. The van der Waals surface area contributed by atoms with Crippen molar-refractivity contribution < 1.29 is 52.1 Å². The van der Waals surface area contributed by atoms with Crippen molar-refractivity contribution in [3.05, 3.63) is 29.3 Å². The first-order valence-electron chi connectivity index (χ1n) is 4.85. The molecule has 0 N–H and O–H groups in total. The smallest absolute Gasteiger partial charge is 0.375 e. The van der Waals surface area contributed by atoms with E-state index in [1.807, 2.05) is 0 Å². The molecule has 0 saturated heterocycles. The summed E-state index contributed by atoms with van der Waals surface area (Å²) in [6.45, 7) is 0. The largest absolute Gasteiger partial charge is 0.534 e. The van der Waals surface area contributed by atoms with Gasteiger partial charge in [0.15, 0.2) is 5.75 Å². The van der Waals surface area contributed by atoms with E-state index in [0.29, 0.717) is 0 Å². The van der Waals surface area contributed by atoms with E-state index in [0.717, 1.165) is 0 Å². The van der Waals surface area contributed by atoms with Gasteiger partial charge in [-0.3, -0.25) is 0 Å². The van der Waals surface area contributed by atoms with Gasteiger partial charge in [0.2, 0.25) is 0 Å². The first-order chi connectivity index (χ1) is 9.57. The first kappa shape index (κ1) is 18.4. The van der Waals surface area contributed by atoms with Gasteiger partial charge in [0.25, 0.3) is 0 Å². The molecule has 0 saturated carbocycles. The van der Waals surface area contributed by atoms with Crippen LogP contribution in [0.1, 0.15) is 11.1 Å². The molecule has 1 aromatic rings. The van der Waals surface area contributed by atoms with Crippen molar-refractivity contribution in [3.8, 4) is 5.75 Å². The number of benzene rings is 1. The number of hydrogen-bond donors (Lipinski definition) is 0. The van der Waals surface area contributed by atoms with Crippen LogP contribution in [-0.4, -0.2) is 13.9 Å². The van der Waals surface area contributed by atoms with Gasteiger partial charge in [-0.05, 0) is 12.1 Å². The van der Waals surface area contributed by atoms with Crippen LogP contribution in [0.2, 0.25) is 0 Å². The quantitative estimate of drug-likeness (QED) is 0.455. The molecule has 22 heavy (non-hydrogen) atoms. The number of hydrogen-bond acceptors (Lipinski definition) is 3. The highest BCUT2D eigenvalue weighted by Crippen LogP contribution is 2.45. The highest BCUT2D eigenvalue weighted by atomic mass is 32.2. The summed E-state index contributed by atoms with van der Waals surface area (Å²) in [7, 11) is -6.56. The molecule has 1 rings (SSSR count). The molecule has 126 valence electrons. The van der Waals surface area contributed by atoms with Crippen LogP contribution >= 0.6 is 0 Å². The molecule has 13 heteroatoms. The zero-order valence-corrected chi connectivity index (χ0v) is 10.6. The standard InChI is InChI=1S/C9H3F9O3S/c10-7(11,12)4-2-1-3-5(6(4)8(13,14)15)21-22(19,20)9(16,17)18/h1-3H. The Hall–Kier alpha value is -1.66. The molecule has 1 aromatic carbocycles. The van der Waals surface area contributed by atoms with Gasteiger partial charge in [0.1, 0.15) is 5.56 Å². The van der Waals surface area contributed by atoms with Crippen LogP contribution in [0.4, 0.5) is 39.5 Å². The lowest BCUT2D eigenvalue weighted by Crippen LogP contribution is -2.29. The SMILES string of the molecule is O=S(=O)(Oc1cccc(C(F)(F)F)c1C(F)(F)F)C(F)(F)F. The Kier molecular flexibility index (Phi) is 4.35. The zero-order chi connectivity index (χ0) is 17.6. The Bertz CT molecular complexity index is 654. The van der Waals surface area contributed by atoms with E-state index < -0.39 is 44.9 Å². The first-order valence-corrected chi connectivity index (χ1v) is 6.26. The third kappa shape index (κ3) is 3.75. The third-order valence-electron chi connectivity index (χ3n) is 2.10. The molecule has 0 aliphatic carbocycles. The molecule has 0 spiro atoms. The second kappa shape index (κ2) is 5.21. The third-order valence-corrected chi connectivity index (χ3v) is 3.06. The summed E-state index contributed by atoms with van der Waals surface area (Å²) in [5, 5.41) is 0. The van der Waals surface area contributed by atoms with Crippen molar-refractivity contribution in [2.24, 2.45) is 0 Å². The van der Waals surface area contributed by atoms with Gasteiger partial charge >= 0.3 is 28.0 Å². The van der Waals surface area contributed by atoms with Crippen LogP contribution in [0, 0.1) is 0 Å². The van der Waals surface area contributed by atoms with E-state index in [-0.39, 0.29) is 18.2 Å². The summed E-state index contributed by atoms with van der Waals surface area (Å²) in [6, 6.07) is 0.233. The van der Waals surface area contributed by atoms with Crippen LogP contribution < -0.4 is 4.18 Å². The average Bonchev–Trinajstić information content (AvgIpc) is 2.23. The zero-order valence-electron chi connectivity index (χ0n) is 9.77. The van der Waals surface area contributed by atoms with Crippen molar-refractivity contribution in [1.82, 2.24) is 0 Å². The average molecular weight is 362 g/mol. The fourth-order valence-corrected chi connectivity index (χ4v) is 1.76. The molecule has 0 aliphatic rings. The van der Waals surface area contributed by atoms with Crippen LogP contribution in [0.3, 0.4) is 0 Å². The normalized spacial score (nSPS) is 14.0. The second-order valence-electron chi connectivity index (χ2n) is 3.66. The summed E-state index contributed by atoms with van der Waals surface area (Å²) >= 11 is 0. The van der Waals surface area contributed by atoms with Gasteiger partial charge in [0, 0.05) is 0 Å². The van der Waals surface area contributed by atoms with E-state index in [2.05, 4.69) is 4.18 Å². The summed E-state index contributed by atoms with van der Waals surface area (Å²) in [5.41, 5.74) is -11.2. The van der Waals surface area contributed by atoms with Crippen molar-refractivity contribution in [3.63, 3.8) is 0 Å². The van der Waals surface area contributed by atoms with E-state index in [1.165, 1.54) is 0 Å². The monoisotopic (exact) mass is 362 g/mol. The highest BCUT2D eigenvalue weighted by Gasteiger charge is 2.51. The van der Waals surface area contributed by atoms with Gasteiger partial charge in [-0.25, -0.2) is 0 Å². The minimum atomic E-state index is -6.56. The van der Waals surface area contributed by atoms with Crippen molar-refractivity contribution in [2.45, 2.75) is 17.9 Å². The van der Waals surface area contributed by atoms with Gasteiger partial charge in [0.05, 0.1) is 5.56 Å². The molecular weight excluding hydrogens is 359 g/mol. The van der Waals surface area contributed by atoms with Crippen molar-refractivity contribution in [1.29, 1.82) is 0 Å². The van der Waals surface area contributed by atoms with Gasteiger partial charge in [-0.2, -0.15) is 47.9 Å². The summed E-state index contributed by atoms with van der Waals surface area (Å²) in [5.74, 6) is -2.13. The van der Waals surface area contributed by atoms with Crippen LogP contribution in [-0.2, 0) is 22.5 Å². The van der Waals surface area contributed by atoms with Crippen LogP contribution in [0.25, 0.3) is 0 Å². The van der Waals surface area contributed by atoms with Gasteiger partial charge < -0.3 is 4.18 Å². The Morgan fingerprint density at radius 3 is 1.68 bits per heavy atom. The van der Waals surface area contributed by atoms with E-state index in [4.69, 9.17) is 0 Å². The van der Waals surface area contributed by atoms with Crippen molar-refractivity contribution >= 4 is 10.1 Å². The lowest BCUT2D eigenvalue weighted by Gasteiger charge is -2.19. The molecular formula is C9H3F9O3S. The predicted octanol–water partition coefficient (Wildman–Crippen LogP) is 3.95. The van der Waals surface area contributed by atoms with Crippen LogP contribution in [0.5, 0.6) is 5.75 Å². The fraction of sp³-hybridized carbons (Fsp3) is 0.333. The molecule has 0 radical (unpaired) electrons. The van der Waals surface area contributed by atoms with E-state index in [1.54, 1.807) is 0 Å². The maximum atomic E-state index is 12.7. The number of alkyl halides is 9. The second-order valence-corrected chi connectivity index (χ2v) is 5.20. The minimum Gasteiger partial charge on any atom is -0.375 e. The predicted molar refractivity (Wildman–Crippen MR) is 52.0 cm³/mol. The number of rotatable bonds is 2. The molecule has 0 fully saturated rings. The molecule has 0 atom stereocenters. The van der Waals surface area contributed by atoms with Gasteiger partial charge in [-0.15, -0.1) is 0 Å². The lowest BCUT2D eigenvalue weighted by atomic mass is 10.1. The van der Waals surface area contributed by atoms with E-state index >= 15 is 0 Å². The molecule has 0 aliphatic heterocycles. The number of halogens is 9. The fourth-order valence-electron chi connectivity index (χ4n) is 1.29. The van der Waals surface area contributed by atoms with Gasteiger partial charge in [-0.1, -0.05) is 6.07 Å². The molecule has 0 unspecified atom stereocenters. The topological polar surface area (TPSA) is 43.4 Å². The molecule has 3 nitrogen and oxygen atoms in total. The molecule has 0 aromatic heterocycles. The van der Waals surface area contributed by atoms with E-state index in [9.17, 15) is 47.9 Å². The Morgan fingerprint density at radius 1 is 0.818 bits per heavy atom. The maximum Gasteiger partial charge on any atom is 0.534 e. The minimum absolute atomic E-state index is 0.0291. The van der Waals surface area contributed by atoms with Crippen LogP contribution in [0.15, 0.2) is 18.2 Å². The lowest BCUT2D eigenvalue weighted by molar-refractivity contribution is -0.162. The Labute approximate surface area is 116 Å². The summed E-state index contributed by atoms with van der Waals surface area (Å²) < 4.78 is 136. The maximum absolute atomic E-state index is 12.7. The Morgan fingerprint density at radius 2 is 1.32 bits per heavy atom. The highest BCUT2D eigenvalue weighted by molar-refractivity contribution is 7.88. The van der Waals surface area contributed by atoms with Crippen molar-refractivity contribution in [2.75, 3.05) is 0 Å². The molecule has 0 heterocycles. The molecule has 0 bridgehead atoms. The summed E-state index contributed by atoms with van der Waals surface area (Å²) in [4.78, 5) is 0. The molecule has 0 amide bonds. The Balaban J connectivity index is 3.58.